The zero-order chi connectivity index (χ0) is 21.1. The molecule has 0 heterocycles. The Morgan fingerprint density at radius 3 is 1.42 bits per heavy atom. The van der Waals surface area contributed by atoms with Crippen LogP contribution < -0.4 is 5.73 Å². The first-order valence-corrected chi connectivity index (χ1v) is 10.2. The minimum atomic E-state index is -3.22. The Balaban J connectivity index is -0.0000000771. The van der Waals surface area contributed by atoms with Gasteiger partial charge in [0.2, 0.25) is 6.41 Å². The van der Waals surface area contributed by atoms with E-state index in [1.54, 1.807) is 33.1 Å². The zero-order valence-corrected chi connectivity index (χ0v) is 19.9. The van der Waals surface area contributed by atoms with E-state index >= 15 is 0 Å². The van der Waals surface area contributed by atoms with E-state index in [0.717, 1.165) is 6.41 Å². The van der Waals surface area contributed by atoms with E-state index in [2.05, 4.69) is 54.0 Å². The Hall–Kier alpha value is -1.22. The number of hydrogen-bond donors (Lipinski definition) is 1. The molecule has 148 valence electrons. The highest BCUT2D eigenvalue weighted by Crippen LogP contribution is 2.61. The SMILES string of the molecule is CN(C)C=O.I.O=P(Cl)(Cl)Cl.[C-]#[N+]C(=CN(C)C)[N+]#[C-].[C-]#[N+]CC(N)=O. The molecule has 0 spiro atoms. The van der Waals surface area contributed by atoms with Crippen molar-refractivity contribution in [2.24, 2.45) is 5.73 Å². The first-order chi connectivity index (χ1) is 11.2. The van der Waals surface area contributed by atoms with Crippen molar-refractivity contribution in [3.05, 3.63) is 46.3 Å². The van der Waals surface area contributed by atoms with Crippen LogP contribution in [0.1, 0.15) is 0 Å². The Morgan fingerprint density at radius 2 is 1.38 bits per heavy atom. The van der Waals surface area contributed by atoms with Gasteiger partial charge in [-0.25, -0.2) is 6.57 Å². The maximum absolute atomic E-state index is 9.61. The molecule has 0 saturated carbocycles. The van der Waals surface area contributed by atoms with Crippen LogP contribution in [0, 0.1) is 19.7 Å². The van der Waals surface area contributed by atoms with Gasteiger partial charge in [-0.3, -0.25) is 14.2 Å². The van der Waals surface area contributed by atoms with Crippen molar-refractivity contribution in [1.29, 1.82) is 0 Å². The summed E-state index contributed by atoms with van der Waals surface area (Å²) in [5, 5.41) is -3.22. The molecule has 9 nitrogen and oxygen atoms in total. The molecule has 2 N–H and O–H groups in total. The number of hydrogen-bond acceptors (Lipinski definition) is 4. The molecule has 0 bridgehead atoms. The lowest BCUT2D eigenvalue weighted by atomic mass is 10.7. The number of rotatable bonds is 3. The second kappa shape index (κ2) is 23.8. The molecule has 2 amide bonds. The van der Waals surface area contributed by atoms with Crippen molar-refractivity contribution < 1.29 is 14.2 Å². The fourth-order valence-electron chi connectivity index (χ4n) is 0.392. The molecule has 0 aliphatic heterocycles. The van der Waals surface area contributed by atoms with Crippen molar-refractivity contribution in [3.63, 3.8) is 0 Å². The van der Waals surface area contributed by atoms with Crippen molar-refractivity contribution in [2.75, 3.05) is 34.7 Å². The Bertz CT molecular complexity index is 566. The third kappa shape index (κ3) is 77.9. The predicted molar refractivity (Wildman–Crippen MR) is 116 cm³/mol. The van der Waals surface area contributed by atoms with E-state index < -0.39 is 11.1 Å². The lowest BCUT2D eigenvalue weighted by molar-refractivity contribution is -0.116. The third-order valence-corrected chi connectivity index (χ3v) is 1.05. The van der Waals surface area contributed by atoms with Crippen LogP contribution in [0.4, 0.5) is 0 Å². The monoisotopic (exact) mass is 558 g/mol. The van der Waals surface area contributed by atoms with E-state index in [0.29, 0.717) is 0 Å². The predicted octanol–water partition coefficient (Wildman–Crippen LogP) is 3.71. The Labute approximate surface area is 185 Å². The van der Waals surface area contributed by atoms with Crippen LogP contribution in [0.2, 0.25) is 0 Å². The van der Waals surface area contributed by atoms with Gasteiger partial charge < -0.3 is 20.4 Å². The minimum absolute atomic E-state index is 0. The van der Waals surface area contributed by atoms with E-state index in [1.807, 2.05) is 0 Å². The van der Waals surface area contributed by atoms with Crippen LogP contribution in [0.25, 0.3) is 14.5 Å². The van der Waals surface area contributed by atoms with E-state index in [4.69, 9.17) is 19.7 Å². The van der Waals surface area contributed by atoms with Gasteiger partial charge in [0.25, 0.3) is 12.5 Å². The summed E-state index contributed by atoms with van der Waals surface area (Å²) in [7, 11) is 6.92. The molecule has 0 rings (SSSR count). The summed E-state index contributed by atoms with van der Waals surface area (Å²) < 4.78 is 9.51. The van der Waals surface area contributed by atoms with Crippen LogP contribution in [-0.4, -0.2) is 56.9 Å². The van der Waals surface area contributed by atoms with E-state index in [-0.39, 0.29) is 36.3 Å². The van der Waals surface area contributed by atoms with Gasteiger partial charge in [-0.05, 0) is 33.7 Å². The maximum Gasteiger partial charge on any atom is 0.535 e. The van der Waals surface area contributed by atoms with Crippen molar-refractivity contribution in [1.82, 2.24) is 9.80 Å². The molecule has 0 saturated heterocycles. The molecule has 0 aliphatic carbocycles. The lowest BCUT2D eigenvalue weighted by Gasteiger charge is -1.98. The van der Waals surface area contributed by atoms with Gasteiger partial charge in [-0.2, -0.15) is 9.69 Å². The summed E-state index contributed by atoms with van der Waals surface area (Å²) in [6, 6.07) is 0. The van der Waals surface area contributed by atoms with Crippen LogP contribution in [0.15, 0.2) is 12.0 Å². The topological polar surface area (TPSA) is 96.8 Å². The number of nitrogens with two attached hydrogens (primary N) is 1. The van der Waals surface area contributed by atoms with Crippen molar-refractivity contribution >= 4 is 75.2 Å². The number of halogens is 4. The summed E-state index contributed by atoms with van der Waals surface area (Å²) >= 11 is 13.8. The largest absolute Gasteiger partial charge is 0.535 e. The second-order valence-electron chi connectivity index (χ2n) is 3.92. The maximum atomic E-state index is 9.61. The van der Waals surface area contributed by atoms with Gasteiger partial charge >= 0.3 is 11.0 Å². The van der Waals surface area contributed by atoms with Gasteiger partial charge in [0.05, 0.1) is 6.20 Å². The number of carbonyl (C=O) groups is 2. The van der Waals surface area contributed by atoms with Crippen LogP contribution in [0.3, 0.4) is 0 Å². The molecular weight excluding hydrogens is 540 g/mol. The van der Waals surface area contributed by atoms with Gasteiger partial charge in [-0.1, -0.05) is 0 Å². The normalized spacial score (nSPS) is 7.38. The van der Waals surface area contributed by atoms with Gasteiger partial charge in [0.1, 0.15) is 13.1 Å². The van der Waals surface area contributed by atoms with Crippen LogP contribution >= 0.6 is 62.9 Å². The van der Waals surface area contributed by atoms with Crippen molar-refractivity contribution in [3.8, 4) is 0 Å². The smallest absolute Gasteiger partial charge is 0.387 e. The van der Waals surface area contributed by atoms with Gasteiger partial charge in [0, 0.05) is 28.2 Å². The Kier molecular flexibility index (Phi) is 32.8. The lowest BCUT2D eigenvalue weighted by Crippen LogP contribution is -2.12. The molecule has 0 unspecified atom stereocenters. The molecule has 0 aliphatic rings. The van der Waals surface area contributed by atoms with Crippen LogP contribution in [0.5, 0.6) is 0 Å². The molecule has 0 radical (unpaired) electrons. The van der Waals surface area contributed by atoms with Gasteiger partial charge in [0.15, 0.2) is 0 Å². The average Bonchev–Trinajstić information content (AvgIpc) is 2.43. The number of carbonyl (C=O) groups excluding carboxylic acids is 2. The van der Waals surface area contributed by atoms with E-state index in [9.17, 15) is 14.2 Å². The highest BCUT2D eigenvalue weighted by Gasteiger charge is 2.03. The second-order valence-corrected chi connectivity index (χ2v) is 10.6. The molecule has 0 atom stereocenters. The molecule has 26 heavy (non-hydrogen) atoms. The summed E-state index contributed by atoms with van der Waals surface area (Å²) in [4.78, 5) is 30.8. The quantitative estimate of drug-likeness (QED) is 0.247. The summed E-state index contributed by atoms with van der Waals surface area (Å²) in [6.45, 7) is 18.8. The zero-order valence-electron chi connectivity index (χ0n) is 14.4. The fraction of sp³-hybridized carbons (Fsp3) is 0.417. The standard InChI is InChI=1S/C6H7N3.C3H4N2O.C3H7NO.Cl3OP.HI/c1-7-6(8-2)5-9(3)4;1-5-2-3(4)6;1-4(2)3-5;1-5(2,3)4;/h5H,3-4H3;2H2,(H2,4,6);3H,1-2H3;;1H. The summed E-state index contributed by atoms with van der Waals surface area (Å²) in [5.74, 6) is -0.468. The summed E-state index contributed by atoms with van der Waals surface area (Å²) in [6.07, 6.45) is 2.24. The van der Waals surface area contributed by atoms with Crippen molar-refractivity contribution in [2.45, 2.75) is 0 Å². The Morgan fingerprint density at radius 1 is 1.08 bits per heavy atom. The molecule has 14 heteroatoms. The molecule has 0 fully saturated rings. The number of nitrogens with zero attached hydrogens (tertiary/aromatic N) is 5. The number of primary amides is 1. The molecule has 0 aromatic rings. The summed E-state index contributed by atoms with van der Waals surface area (Å²) in [5.41, 5.74) is 4.55. The average molecular weight is 560 g/mol. The van der Waals surface area contributed by atoms with E-state index in [1.165, 1.54) is 11.1 Å². The molecule has 0 aromatic heterocycles. The van der Waals surface area contributed by atoms with Gasteiger partial charge in [-0.15, -0.1) is 24.0 Å². The fourth-order valence-corrected chi connectivity index (χ4v) is 0.392. The first-order valence-electron chi connectivity index (χ1n) is 5.80. The highest BCUT2D eigenvalue weighted by atomic mass is 127. The first kappa shape index (κ1) is 35.8. The van der Waals surface area contributed by atoms with Crippen LogP contribution in [-0.2, 0) is 14.2 Å². The minimum Gasteiger partial charge on any atom is -0.387 e. The number of amides is 2. The highest BCUT2D eigenvalue weighted by molar-refractivity contribution is 14.0. The molecule has 0 aromatic carbocycles. The third-order valence-electron chi connectivity index (χ3n) is 1.05. The molecular formula is C12H19Cl3IN6O3P.